The zero-order chi connectivity index (χ0) is 13.0. The van der Waals surface area contributed by atoms with Crippen molar-refractivity contribution < 1.29 is 0 Å². The maximum atomic E-state index is 5.96. The molecule has 1 saturated heterocycles. The summed E-state index contributed by atoms with van der Waals surface area (Å²) in [4.78, 5) is 14.9. The zero-order valence-electron chi connectivity index (χ0n) is 11.0. The summed E-state index contributed by atoms with van der Waals surface area (Å²) in [6.45, 7) is 6.29. The fourth-order valence-corrected chi connectivity index (χ4v) is 2.34. The summed E-state index contributed by atoms with van der Waals surface area (Å²) in [6.07, 6.45) is 4.60. The molecule has 100 valence electrons. The predicted octanol–water partition coefficient (Wildman–Crippen LogP) is 2.73. The first kappa shape index (κ1) is 13.3. The Morgan fingerprint density at radius 1 is 1.28 bits per heavy atom. The summed E-state index contributed by atoms with van der Waals surface area (Å²) < 4.78 is 0. The summed E-state index contributed by atoms with van der Waals surface area (Å²) in [7, 11) is 0. The lowest BCUT2D eigenvalue weighted by molar-refractivity contribution is 0.682. The van der Waals surface area contributed by atoms with Gasteiger partial charge in [-0.05, 0) is 37.8 Å². The van der Waals surface area contributed by atoms with Crippen LogP contribution in [-0.4, -0.2) is 34.1 Å². The lowest BCUT2D eigenvalue weighted by Crippen LogP contribution is -2.23. The molecule has 0 aromatic carbocycles. The molecule has 1 aromatic heterocycles. The Bertz CT molecular complexity index is 392. The van der Waals surface area contributed by atoms with Crippen molar-refractivity contribution in [2.24, 2.45) is 0 Å². The average molecular weight is 270 g/mol. The summed E-state index contributed by atoms with van der Waals surface area (Å²) >= 11 is 5.96. The number of anilines is 2. The molecule has 0 spiro atoms. The number of hydrogen-bond acceptors (Lipinski definition) is 5. The largest absolute Gasteiger partial charge is 0.352 e. The van der Waals surface area contributed by atoms with E-state index in [2.05, 4.69) is 39.0 Å². The van der Waals surface area contributed by atoms with Crippen LogP contribution in [0.1, 0.15) is 39.5 Å². The minimum Gasteiger partial charge on any atom is -0.352 e. The molecular formula is C12H20ClN5. The molecule has 1 N–H and O–H groups in total. The fourth-order valence-electron chi connectivity index (χ4n) is 2.19. The quantitative estimate of drug-likeness (QED) is 0.891. The van der Waals surface area contributed by atoms with Crippen LogP contribution in [0, 0.1) is 0 Å². The highest BCUT2D eigenvalue weighted by Gasteiger charge is 2.17. The summed E-state index contributed by atoms with van der Waals surface area (Å²) in [5, 5.41) is 3.54. The van der Waals surface area contributed by atoms with Gasteiger partial charge in [0.25, 0.3) is 0 Å². The van der Waals surface area contributed by atoms with Gasteiger partial charge >= 0.3 is 0 Å². The second-order valence-electron chi connectivity index (χ2n) is 4.76. The first-order valence-electron chi connectivity index (χ1n) is 6.62. The van der Waals surface area contributed by atoms with Gasteiger partial charge in [-0.1, -0.05) is 13.3 Å². The van der Waals surface area contributed by atoms with Gasteiger partial charge in [0.05, 0.1) is 0 Å². The number of nitrogens with zero attached hydrogens (tertiary/aromatic N) is 4. The zero-order valence-corrected chi connectivity index (χ0v) is 11.7. The third kappa shape index (κ3) is 3.45. The van der Waals surface area contributed by atoms with Crippen LogP contribution in [0.15, 0.2) is 0 Å². The smallest absolute Gasteiger partial charge is 0.231 e. The second kappa shape index (κ2) is 6.18. The van der Waals surface area contributed by atoms with Crippen molar-refractivity contribution >= 4 is 23.5 Å². The van der Waals surface area contributed by atoms with Gasteiger partial charge in [0.2, 0.25) is 17.2 Å². The van der Waals surface area contributed by atoms with E-state index in [9.17, 15) is 0 Å². The normalized spacial score (nSPS) is 16.9. The van der Waals surface area contributed by atoms with Gasteiger partial charge in [-0.2, -0.15) is 15.0 Å². The van der Waals surface area contributed by atoms with E-state index in [0.717, 1.165) is 25.9 Å². The number of aromatic nitrogens is 3. The predicted molar refractivity (Wildman–Crippen MR) is 74.3 cm³/mol. The standard InChI is InChI=1S/C12H20ClN5/c1-3-6-9(2)14-11-15-10(13)16-12(17-11)18-7-4-5-8-18/h9H,3-8H2,1-2H3,(H,14,15,16,17). The van der Waals surface area contributed by atoms with Crippen LogP contribution in [0.3, 0.4) is 0 Å². The minimum atomic E-state index is 0.262. The Morgan fingerprint density at radius 3 is 2.67 bits per heavy atom. The van der Waals surface area contributed by atoms with E-state index in [0.29, 0.717) is 17.9 Å². The van der Waals surface area contributed by atoms with Gasteiger partial charge < -0.3 is 10.2 Å². The van der Waals surface area contributed by atoms with Crippen molar-refractivity contribution in [3.63, 3.8) is 0 Å². The highest BCUT2D eigenvalue weighted by molar-refractivity contribution is 6.28. The number of rotatable bonds is 5. The molecule has 1 unspecified atom stereocenters. The molecule has 1 atom stereocenters. The van der Waals surface area contributed by atoms with Gasteiger partial charge in [-0.3, -0.25) is 0 Å². The molecule has 1 aromatic rings. The van der Waals surface area contributed by atoms with Crippen molar-refractivity contribution in [2.45, 2.75) is 45.6 Å². The van der Waals surface area contributed by atoms with Crippen molar-refractivity contribution in [3.8, 4) is 0 Å². The van der Waals surface area contributed by atoms with Gasteiger partial charge in [0.1, 0.15) is 0 Å². The van der Waals surface area contributed by atoms with Crippen LogP contribution in [-0.2, 0) is 0 Å². The summed E-state index contributed by atoms with van der Waals surface area (Å²) in [5.74, 6) is 1.27. The van der Waals surface area contributed by atoms with E-state index in [1.54, 1.807) is 0 Å². The number of halogens is 1. The van der Waals surface area contributed by atoms with Gasteiger partial charge in [-0.15, -0.1) is 0 Å². The lowest BCUT2D eigenvalue weighted by atomic mass is 10.2. The minimum absolute atomic E-state index is 0.262. The molecule has 1 fully saturated rings. The van der Waals surface area contributed by atoms with Crippen LogP contribution in [0.5, 0.6) is 0 Å². The molecule has 0 amide bonds. The topological polar surface area (TPSA) is 53.9 Å². The van der Waals surface area contributed by atoms with Crippen molar-refractivity contribution in [1.82, 2.24) is 15.0 Å². The van der Waals surface area contributed by atoms with E-state index < -0.39 is 0 Å². The Kier molecular flexibility index (Phi) is 4.58. The summed E-state index contributed by atoms with van der Waals surface area (Å²) in [5.41, 5.74) is 0. The third-order valence-electron chi connectivity index (χ3n) is 3.08. The Hall–Kier alpha value is -1.10. The van der Waals surface area contributed by atoms with Gasteiger partial charge in [0.15, 0.2) is 0 Å². The molecule has 2 rings (SSSR count). The van der Waals surface area contributed by atoms with Crippen LogP contribution in [0.25, 0.3) is 0 Å². The first-order valence-corrected chi connectivity index (χ1v) is 7.00. The molecule has 1 aliphatic heterocycles. The molecule has 2 heterocycles. The number of hydrogen-bond donors (Lipinski definition) is 1. The maximum Gasteiger partial charge on any atom is 0.231 e. The van der Waals surface area contributed by atoms with Crippen LogP contribution < -0.4 is 10.2 Å². The molecule has 1 aliphatic rings. The molecule has 6 heteroatoms. The van der Waals surface area contributed by atoms with E-state index in [-0.39, 0.29) is 5.28 Å². The molecule has 0 bridgehead atoms. The van der Waals surface area contributed by atoms with Crippen molar-refractivity contribution in [2.75, 3.05) is 23.3 Å². The molecule has 0 saturated carbocycles. The first-order chi connectivity index (χ1) is 8.69. The maximum absolute atomic E-state index is 5.96. The van der Waals surface area contributed by atoms with Crippen molar-refractivity contribution in [3.05, 3.63) is 5.28 Å². The lowest BCUT2D eigenvalue weighted by Gasteiger charge is -2.17. The highest BCUT2D eigenvalue weighted by atomic mass is 35.5. The monoisotopic (exact) mass is 269 g/mol. The SMILES string of the molecule is CCCC(C)Nc1nc(Cl)nc(N2CCCC2)n1. The van der Waals surface area contributed by atoms with E-state index in [1.807, 2.05) is 0 Å². The van der Waals surface area contributed by atoms with E-state index in [4.69, 9.17) is 11.6 Å². The van der Waals surface area contributed by atoms with E-state index in [1.165, 1.54) is 12.8 Å². The molecule has 0 aliphatic carbocycles. The molecule has 18 heavy (non-hydrogen) atoms. The molecule has 5 nitrogen and oxygen atoms in total. The second-order valence-corrected chi connectivity index (χ2v) is 5.09. The Balaban J connectivity index is 2.10. The third-order valence-corrected chi connectivity index (χ3v) is 3.25. The molecular weight excluding hydrogens is 250 g/mol. The van der Waals surface area contributed by atoms with Gasteiger partial charge in [-0.25, -0.2) is 0 Å². The Labute approximate surface area is 113 Å². The fraction of sp³-hybridized carbons (Fsp3) is 0.750. The van der Waals surface area contributed by atoms with Crippen molar-refractivity contribution in [1.29, 1.82) is 0 Å². The van der Waals surface area contributed by atoms with Crippen LogP contribution in [0.2, 0.25) is 5.28 Å². The molecule has 0 radical (unpaired) electrons. The summed E-state index contributed by atoms with van der Waals surface area (Å²) in [6, 6.07) is 0.347. The van der Waals surface area contributed by atoms with Gasteiger partial charge in [0, 0.05) is 19.1 Å². The Morgan fingerprint density at radius 2 is 2.00 bits per heavy atom. The highest BCUT2D eigenvalue weighted by Crippen LogP contribution is 2.19. The number of nitrogens with one attached hydrogen (secondary N) is 1. The average Bonchev–Trinajstić information content (AvgIpc) is 2.81. The van der Waals surface area contributed by atoms with Crippen LogP contribution >= 0.6 is 11.6 Å². The van der Waals surface area contributed by atoms with E-state index >= 15 is 0 Å². The van der Waals surface area contributed by atoms with Crippen LogP contribution in [0.4, 0.5) is 11.9 Å².